The van der Waals surface area contributed by atoms with E-state index in [0.29, 0.717) is 23.4 Å². The largest absolute Gasteiger partial charge is 0.399 e. The Labute approximate surface area is 121 Å². The maximum atomic E-state index is 13.2. The third-order valence-electron chi connectivity index (χ3n) is 3.66. The van der Waals surface area contributed by atoms with Crippen molar-refractivity contribution in [1.29, 1.82) is 0 Å². The number of nitrogens with zero attached hydrogens (tertiary/aromatic N) is 1. The molecule has 0 saturated carbocycles. The van der Waals surface area contributed by atoms with Crippen molar-refractivity contribution in [3.05, 3.63) is 64.7 Å². The van der Waals surface area contributed by atoms with Crippen molar-refractivity contribution in [3.63, 3.8) is 0 Å². The topological polar surface area (TPSA) is 46.3 Å². The molecule has 3 rings (SSSR count). The van der Waals surface area contributed by atoms with Gasteiger partial charge in [0.2, 0.25) is 0 Å². The lowest BCUT2D eigenvalue weighted by atomic mass is 9.98. The Hall–Kier alpha value is -2.43. The Morgan fingerprint density at radius 1 is 1.10 bits per heavy atom. The molecule has 1 aliphatic heterocycles. The van der Waals surface area contributed by atoms with E-state index in [1.54, 1.807) is 17.0 Å². The number of amides is 1. The van der Waals surface area contributed by atoms with E-state index in [-0.39, 0.29) is 12.5 Å². The summed E-state index contributed by atoms with van der Waals surface area (Å²) in [6.45, 7) is 0.805. The molecule has 2 aromatic carbocycles. The van der Waals surface area contributed by atoms with E-state index < -0.39 is 11.6 Å². The van der Waals surface area contributed by atoms with Crippen molar-refractivity contribution in [2.75, 3.05) is 12.3 Å². The molecule has 1 amide bonds. The van der Waals surface area contributed by atoms with Gasteiger partial charge in [-0.15, -0.1) is 0 Å². The van der Waals surface area contributed by atoms with Crippen LogP contribution in [0.5, 0.6) is 0 Å². The number of nitrogens with two attached hydrogens (primary N) is 1. The van der Waals surface area contributed by atoms with Crippen LogP contribution in [0.3, 0.4) is 0 Å². The molecule has 2 N–H and O–H groups in total. The first-order valence-corrected chi connectivity index (χ1v) is 6.66. The predicted octanol–water partition coefficient (Wildman–Crippen LogP) is 2.75. The number of benzene rings is 2. The first-order valence-electron chi connectivity index (χ1n) is 6.66. The Kier molecular flexibility index (Phi) is 3.33. The number of carbonyl (C=O) groups excluding carboxylic acids is 1. The summed E-state index contributed by atoms with van der Waals surface area (Å²) in [5.74, 6) is -1.92. The minimum atomic E-state index is -0.901. The lowest BCUT2D eigenvalue weighted by Gasteiger charge is -2.28. The summed E-state index contributed by atoms with van der Waals surface area (Å²) in [5, 5.41) is 0. The summed E-state index contributed by atoms with van der Waals surface area (Å²) in [6.07, 6.45) is 0.727. The van der Waals surface area contributed by atoms with Gasteiger partial charge < -0.3 is 10.6 Å². The molecule has 0 bridgehead atoms. The number of halogens is 2. The summed E-state index contributed by atoms with van der Waals surface area (Å²) >= 11 is 0. The quantitative estimate of drug-likeness (QED) is 0.864. The van der Waals surface area contributed by atoms with Crippen LogP contribution in [0, 0.1) is 11.6 Å². The molecule has 0 spiro atoms. The summed E-state index contributed by atoms with van der Waals surface area (Å²) < 4.78 is 26.2. The molecule has 0 unspecified atom stereocenters. The summed E-state index contributed by atoms with van der Waals surface area (Å²) in [4.78, 5) is 14.0. The molecule has 108 valence electrons. The number of carbonyl (C=O) groups is 1. The fourth-order valence-corrected chi connectivity index (χ4v) is 2.55. The van der Waals surface area contributed by atoms with Gasteiger partial charge >= 0.3 is 0 Å². The van der Waals surface area contributed by atoms with Gasteiger partial charge in [-0.05, 0) is 41.8 Å². The van der Waals surface area contributed by atoms with E-state index in [1.165, 1.54) is 6.07 Å². The number of hydrogen-bond donors (Lipinski definition) is 1. The van der Waals surface area contributed by atoms with Crippen LogP contribution in [0.4, 0.5) is 14.5 Å². The van der Waals surface area contributed by atoms with E-state index in [1.807, 2.05) is 6.07 Å². The average Bonchev–Trinajstić information content (AvgIpc) is 2.46. The van der Waals surface area contributed by atoms with Crippen LogP contribution in [0.15, 0.2) is 36.4 Å². The highest BCUT2D eigenvalue weighted by Crippen LogP contribution is 2.23. The Morgan fingerprint density at radius 3 is 2.67 bits per heavy atom. The highest BCUT2D eigenvalue weighted by atomic mass is 19.2. The lowest BCUT2D eigenvalue weighted by molar-refractivity contribution is 0.0727. The lowest BCUT2D eigenvalue weighted by Crippen LogP contribution is -2.37. The monoisotopic (exact) mass is 288 g/mol. The molecule has 2 aromatic rings. The van der Waals surface area contributed by atoms with Gasteiger partial charge in [0.1, 0.15) is 0 Å². The number of nitrogen functional groups attached to an aromatic ring is 1. The van der Waals surface area contributed by atoms with Gasteiger partial charge in [0.15, 0.2) is 11.6 Å². The first-order chi connectivity index (χ1) is 10.0. The van der Waals surface area contributed by atoms with Crippen LogP contribution in [-0.2, 0) is 13.0 Å². The Morgan fingerprint density at radius 2 is 1.90 bits per heavy atom. The third-order valence-corrected chi connectivity index (χ3v) is 3.66. The molecule has 1 heterocycles. The van der Waals surface area contributed by atoms with Gasteiger partial charge in [0.25, 0.3) is 5.91 Å². The van der Waals surface area contributed by atoms with E-state index in [0.717, 1.165) is 24.1 Å². The molecular formula is C16H14F2N2O. The molecule has 0 fully saturated rings. The highest BCUT2D eigenvalue weighted by Gasteiger charge is 2.24. The van der Waals surface area contributed by atoms with E-state index in [9.17, 15) is 13.6 Å². The van der Waals surface area contributed by atoms with Crippen LogP contribution in [0.25, 0.3) is 0 Å². The highest BCUT2D eigenvalue weighted by molar-refractivity contribution is 5.97. The zero-order valence-electron chi connectivity index (χ0n) is 11.3. The number of rotatable bonds is 2. The molecule has 3 nitrogen and oxygen atoms in total. The van der Waals surface area contributed by atoms with E-state index in [4.69, 9.17) is 5.73 Å². The van der Waals surface area contributed by atoms with Gasteiger partial charge in [-0.1, -0.05) is 12.1 Å². The van der Waals surface area contributed by atoms with Crippen LogP contribution in [0.1, 0.15) is 21.5 Å². The first kappa shape index (κ1) is 13.5. The zero-order valence-corrected chi connectivity index (χ0v) is 11.3. The second-order valence-electron chi connectivity index (χ2n) is 5.14. The van der Waals surface area contributed by atoms with Crippen molar-refractivity contribution in [2.45, 2.75) is 13.0 Å². The van der Waals surface area contributed by atoms with Crippen LogP contribution >= 0.6 is 0 Å². The maximum absolute atomic E-state index is 13.2. The molecule has 0 aromatic heterocycles. The van der Waals surface area contributed by atoms with Crippen molar-refractivity contribution >= 4 is 11.6 Å². The molecule has 0 radical (unpaired) electrons. The molecule has 5 heteroatoms. The summed E-state index contributed by atoms with van der Waals surface area (Å²) in [6, 6.07) is 8.98. The third kappa shape index (κ3) is 2.59. The zero-order chi connectivity index (χ0) is 15.0. The molecular weight excluding hydrogens is 274 g/mol. The van der Waals surface area contributed by atoms with Gasteiger partial charge in [-0.3, -0.25) is 4.79 Å². The fraction of sp³-hybridized carbons (Fsp3) is 0.188. The van der Waals surface area contributed by atoms with Crippen LogP contribution < -0.4 is 5.73 Å². The van der Waals surface area contributed by atoms with Gasteiger partial charge in [0, 0.05) is 24.3 Å². The molecule has 0 atom stereocenters. The smallest absolute Gasteiger partial charge is 0.254 e. The molecule has 21 heavy (non-hydrogen) atoms. The van der Waals surface area contributed by atoms with Gasteiger partial charge in [0.05, 0.1) is 0 Å². The second-order valence-corrected chi connectivity index (χ2v) is 5.14. The normalized spacial score (nSPS) is 14.2. The Bertz CT molecular complexity index is 715. The summed E-state index contributed by atoms with van der Waals surface area (Å²) in [7, 11) is 0. The van der Waals surface area contributed by atoms with E-state index >= 15 is 0 Å². The maximum Gasteiger partial charge on any atom is 0.254 e. The van der Waals surface area contributed by atoms with Gasteiger partial charge in [-0.25, -0.2) is 8.78 Å². The summed E-state index contributed by atoms with van der Waals surface area (Å²) in [5.41, 5.74) is 8.37. The predicted molar refractivity (Wildman–Crippen MR) is 75.7 cm³/mol. The second kappa shape index (κ2) is 5.16. The average molecular weight is 288 g/mol. The van der Waals surface area contributed by atoms with Crippen LogP contribution in [-0.4, -0.2) is 17.4 Å². The fourth-order valence-electron chi connectivity index (χ4n) is 2.55. The molecule has 1 aliphatic rings. The molecule has 0 saturated heterocycles. The van der Waals surface area contributed by atoms with Crippen molar-refractivity contribution in [2.24, 2.45) is 0 Å². The number of anilines is 1. The van der Waals surface area contributed by atoms with E-state index in [2.05, 4.69) is 0 Å². The molecule has 0 aliphatic carbocycles. The number of hydrogen-bond acceptors (Lipinski definition) is 2. The number of fused-ring (bicyclic) bond motifs is 1. The standard InChI is InChI=1S/C16H14F2N2O/c17-14-4-1-10(7-15(14)18)9-20-6-5-11-2-3-12(19)8-13(11)16(20)21/h1-4,7-8H,5-6,9,19H2. The minimum absolute atomic E-state index is 0.131. The van der Waals surface area contributed by atoms with Crippen molar-refractivity contribution in [3.8, 4) is 0 Å². The minimum Gasteiger partial charge on any atom is -0.399 e. The van der Waals surface area contributed by atoms with Crippen molar-refractivity contribution < 1.29 is 13.6 Å². The van der Waals surface area contributed by atoms with Crippen molar-refractivity contribution in [1.82, 2.24) is 4.90 Å². The SMILES string of the molecule is Nc1ccc2c(c1)C(=O)N(Cc1ccc(F)c(F)c1)CC2. The van der Waals surface area contributed by atoms with Gasteiger partial charge in [-0.2, -0.15) is 0 Å². The van der Waals surface area contributed by atoms with Crippen LogP contribution in [0.2, 0.25) is 0 Å². The Balaban J connectivity index is 1.84.